The summed E-state index contributed by atoms with van der Waals surface area (Å²) in [4.78, 5) is 19.9. The lowest BCUT2D eigenvalue weighted by atomic mass is 10.2. The van der Waals surface area contributed by atoms with Crippen LogP contribution in [-0.2, 0) is 11.3 Å². The first-order valence-corrected chi connectivity index (χ1v) is 8.10. The molecule has 0 saturated carbocycles. The minimum absolute atomic E-state index is 0.0415. The summed E-state index contributed by atoms with van der Waals surface area (Å²) in [5.41, 5.74) is 1.58. The number of aliphatic imine (C=N–C) groups is 1. The Morgan fingerprint density at radius 3 is 3.12 bits per heavy atom. The van der Waals surface area contributed by atoms with Crippen molar-refractivity contribution in [3.63, 3.8) is 0 Å². The van der Waals surface area contributed by atoms with E-state index in [-0.39, 0.29) is 11.7 Å². The molecule has 0 saturated heterocycles. The van der Waals surface area contributed by atoms with Crippen LogP contribution in [0, 0.1) is 0 Å². The number of nitrogens with one attached hydrogen (secondary N) is 1. The fraction of sp³-hybridized carbons (Fsp3) is 0.250. The first kappa shape index (κ1) is 18.1. The highest BCUT2D eigenvalue weighted by Crippen LogP contribution is 2.08. The van der Waals surface area contributed by atoms with Crippen molar-refractivity contribution in [1.82, 2.24) is 9.88 Å². The van der Waals surface area contributed by atoms with Crippen molar-refractivity contribution in [2.45, 2.75) is 13.5 Å². The molecule has 1 aliphatic heterocycles. The quantitative estimate of drug-likeness (QED) is 0.838. The lowest BCUT2D eigenvalue weighted by Gasteiger charge is -2.08. The Kier molecular flexibility index (Phi) is 6.89. The monoisotopic (exact) mass is 364 g/mol. The topological polar surface area (TPSA) is 68.0 Å². The van der Waals surface area contributed by atoms with Gasteiger partial charge in [0, 0.05) is 17.4 Å². The molecule has 1 aromatic heterocycles. The van der Waals surface area contributed by atoms with Crippen molar-refractivity contribution in [3.05, 3.63) is 52.6 Å². The lowest BCUT2D eigenvalue weighted by Crippen LogP contribution is -2.31. The van der Waals surface area contributed by atoms with Gasteiger partial charge in [-0.25, -0.2) is 9.79 Å². The summed E-state index contributed by atoms with van der Waals surface area (Å²) < 4.78 is 6.67. The van der Waals surface area contributed by atoms with Gasteiger partial charge in [-0.05, 0) is 42.9 Å². The summed E-state index contributed by atoms with van der Waals surface area (Å²) >= 11 is 11.0. The number of aromatic nitrogens is 1. The third kappa shape index (κ3) is 5.75. The maximum Gasteiger partial charge on any atom is 0.413 e. The largest absolute Gasteiger partial charge is 0.450 e. The van der Waals surface area contributed by atoms with E-state index in [1.165, 1.54) is 0 Å². The third-order valence-corrected chi connectivity index (χ3v) is 3.39. The third-order valence-electron chi connectivity index (χ3n) is 2.95. The van der Waals surface area contributed by atoms with Crippen LogP contribution in [0.25, 0.3) is 0 Å². The number of halogens is 1. The summed E-state index contributed by atoms with van der Waals surface area (Å²) in [6.45, 7) is 3.01. The molecule has 1 N–H and O–H groups in total. The zero-order valence-corrected chi connectivity index (χ0v) is 14.7. The van der Waals surface area contributed by atoms with Gasteiger partial charge >= 0.3 is 6.09 Å². The highest BCUT2D eigenvalue weighted by atomic mass is 35.5. The van der Waals surface area contributed by atoms with Crippen LogP contribution in [-0.4, -0.2) is 35.1 Å². The summed E-state index contributed by atoms with van der Waals surface area (Å²) in [6, 6.07) is 5.53. The van der Waals surface area contributed by atoms with Gasteiger partial charge in [-0.15, -0.1) is 0 Å². The van der Waals surface area contributed by atoms with E-state index in [1.807, 2.05) is 35.0 Å². The number of carbonyl (C=O) groups excluding carboxylic acids is 1. The predicted molar refractivity (Wildman–Crippen MR) is 98.1 cm³/mol. The van der Waals surface area contributed by atoms with E-state index in [0.29, 0.717) is 23.6 Å². The van der Waals surface area contributed by atoms with Gasteiger partial charge in [-0.3, -0.25) is 10.3 Å². The number of nitrogens with zero attached hydrogens (tertiary/aromatic N) is 3. The summed E-state index contributed by atoms with van der Waals surface area (Å²) in [7, 11) is 0. The smallest absolute Gasteiger partial charge is 0.413 e. The zero-order valence-electron chi connectivity index (χ0n) is 13.1. The average Bonchev–Trinajstić information content (AvgIpc) is 2.74. The van der Waals surface area contributed by atoms with E-state index in [9.17, 15) is 4.79 Å². The number of pyridine rings is 1. The van der Waals surface area contributed by atoms with Crippen LogP contribution in [0.1, 0.15) is 6.92 Å². The molecular formula is C16H17ClN4O2S. The van der Waals surface area contributed by atoms with E-state index in [4.69, 9.17) is 28.6 Å². The van der Waals surface area contributed by atoms with Crippen LogP contribution >= 0.6 is 23.8 Å². The Bertz CT molecular complexity index is 780. The van der Waals surface area contributed by atoms with E-state index in [2.05, 4.69) is 15.3 Å². The Morgan fingerprint density at radius 1 is 1.50 bits per heavy atom. The second-order valence-corrected chi connectivity index (χ2v) is 5.65. The molecule has 0 aromatic carbocycles. The number of alkyl carbamates (subject to hydrolysis) is 1. The van der Waals surface area contributed by atoms with Gasteiger partial charge in [-0.1, -0.05) is 23.7 Å². The molecule has 126 valence electrons. The van der Waals surface area contributed by atoms with Crippen LogP contribution in [0.5, 0.6) is 0 Å². The Labute approximate surface area is 150 Å². The number of amides is 1. The van der Waals surface area contributed by atoms with Gasteiger partial charge in [-0.2, -0.15) is 0 Å². The van der Waals surface area contributed by atoms with E-state index < -0.39 is 6.09 Å². The number of hydrogen-bond donors (Lipinski definition) is 1. The van der Waals surface area contributed by atoms with Crippen LogP contribution in [0.15, 0.2) is 57.1 Å². The number of thiocarbonyl (C=S) groups is 1. The molecule has 0 atom stereocenters. The fourth-order valence-electron chi connectivity index (χ4n) is 1.92. The second-order valence-electron chi connectivity index (χ2n) is 4.77. The highest BCUT2D eigenvalue weighted by Gasteiger charge is 2.04. The molecule has 1 aliphatic rings. The first-order chi connectivity index (χ1) is 11.6. The molecule has 0 spiro atoms. The number of ether oxygens (including phenoxy) is 1. The Morgan fingerprint density at radius 2 is 2.33 bits per heavy atom. The van der Waals surface area contributed by atoms with Gasteiger partial charge in [0.05, 0.1) is 19.7 Å². The van der Waals surface area contributed by atoms with Crippen LogP contribution < -0.4 is 10.8 Å². The predicted octanol–water partition coefficient (Wildman–Crippen LogP) is 2.55. The summed E-state index contributed by atoms with van der Waals surface area (Å²) in [6.07, 6.45) is 6.78. The standard InChI is InChI=1S/C16H17ClN4O2S/c1-2-23-16(22)20-15(24)19-14-5-3-4-8-21(14)11-12-6-7-13(17)10-18-9-12/h3-9H,2,10-11H2,1H3,(H,20,22,24). The zero-order chi connectivity index (χ0) is 17.4. The molecule has 6 nitrogen and oxygen atoms in total. The minimum atomic E-state index is -0.618. The molecule has 0 unspecified atom stereocenters. The van der Waals surface area contributed by atoms with Crippen molar-refractivity contribution in [1.29, 1.82) is 0 Å². The second kappa shape index (κ2) is 9.14. The maximum absolute atomic E-state index is 11.4. The molecule has 0 aliphatic carbocycles. The number of rotatable bonds is 3. The molecule has 2 rings (SSSR count). The van der Waals surface area contributed by atoms with E-state index in [0.717, 1.165) is 5.57 Å². The van der Waals surface area contributed by atoms with Gasteiger partial charge in [0.2, 0.25) is 5.11 Å². The van der Waals surface area contributed by atoms with Gasteiger partial charge < -0.3 is 9.30 Å². The SMILES string of the molecule is CCOC(=O)NC(=S)N=c1ccccn1CC1=CC=C(Cl)CN=C1. The Balaban J connectivity index is 2.20. The molecule has 0 bridgehead atoms. The van der Waals surface area contributed by atoms with Gasteiger partial charge in [0.25, 0.3) is 0 Å². The molecule has 24 heavy (non-hydrogen) atoms. The number of carbonyl (C=O) groups is 1. The molecule has 2 heterocycles. The minimum Gasteiger partial charge on any atom is -0.450 e. The van der Waals surface area contributed by atoms with Crippen molar-refractivity contribution < 1.29 is 9.53 Å². The van der Waals surface area contributed by atoms with Gasteiger partial charge in [0.15, 0.2) is 0 Å². The van der Waals surface area contributed by atoms with Crippen molar-refractivity contribution in [2.75, 3.05) is 13.2 Å². The number of allylic oxidation sites excluding steroid dienone is 3. The molecule has 1 amide bonds. The highest BCUT2D eigenvalue weighted by molar-refractivity contribution is 7.80. The van der Waals surface area contributed by atoms with Crippen LogP contribution in [0.2, 0.25) is 0 Å². The maximum atomic E-state index is 11.4. The van der Waals surface area contributed by atoms with Crippen LogP contribution in [0.3, 0.4) is 0 Å². The van der Waals surface area contributed by atoms with Crippen molar-refractivity contribution in [3.8, 4) is 0 Å². The summed E-state index contributed by atoms with van der Waals surface area (Å²) in [5.74, 6) is 0. The van der Waals surface area contributed by atoms with Crippen LogP contribution in [0.4, 0.5) is 4.79 Å². The van der Waals surface area contributed by atoms with Crippen molar-refractivity contribution >= 4 is 41.2 Å². The molecule has 0 radical (unpaired) electrons. The first-order valence-electron chi connectivity index (χ1n) is 7.31. The summed E-state index contributed by atoms with van der Waals surface area (Å²) in [5, 5.41) is 3.12. The molecule has 1 aromatic rings. The van der Waals surface area contributed by atoms with Crippen molar-refractivity contribution in [2.24, 2.45) is 9.98 Å². The molecular weight excluding hydrogens is 348 g/mol. The van der Waals surface area contributed by atoms with E-state index in [1.54, 1.807) is 19.2 Å². The normalized spacial score (nSPS) is 14.5. The van der Waals surface area contributed by atoms with Gasteiger partial charge in [0.1, 0.15) is 5.49 Å². The molecule has 0 fully saturated rings. The molecule has 8 heteroatoms. The Hall–Kier alpha value is -2.25. The van der Waals surface area contributed by atoms with E-state index >= 15 is 0 Å². The lowest BCUT2D eigenvalue weighted by molar-refractivity contribution is 0.158. The average molecular weight is 365 g/mol. The fourth-order valence-corrected chi connectivity index (χ4v) is 2.23. The number of hydrogen-bond acceptors (Lipinski definition) is 4.